The maximum absolute atomic E-state index is 13.5. The third-order valence-corrected chi connectivity index (χ3v) is 8.27. The van der Waals surface area contributed by atoms with Gasteiger partial charge in [0.15, 0.2) is 0 Å². The summed E-state index contributed by atoms with van der Waals surface area (Å²) in [6.45, 7) is 4.39. The highest BCUT2D eigenvalue weighted by Crippen LogP contribution is 2.22. The number of sulfonamides is 1. The van der Waals surface area contributed by atoms with Crippen LogP contribution in [0.3, 0.4) is 0 Å². The van der Waals surface area contributed by atoms with Crippen molar-refractivity contribution in [3.8, 4) is 0 Å². The number of rotatable bonds is 12. The van der Waals surface area contributed by atoms with Crippen molar-refractivity contribution in [1.82, 2.24) is 10.2 Å². The molecule has 2 amide bonds. The zero-order valence-corrected chi connectivity index (χ0v) is 23.5. The molecule has 1 N–H and O–H groups in total. The number of carbonyl (C=O) groups is 2. The van der Waals surface area contributed by atoms with Gasteiger partial charge >= 0.3 is 0 Å². The van der Waals surface area contributed by atoms with Gasteiger partial charge in [0.05, 0.1) is 11.9 Å². The molecule has 0 aromatic heterocycles. The fourth-order valence-corrected chi connectivity index (χ4v) is 5.88. The monoisotopic (exact) mass is 547 g/mol. The molecule has 0 saturated heterocycles. The number of halogens is 1. The fourth-order valence-electron chi connectivity index (χ4n) is 4.79. The molecule has 3 rings (SSSR count). The highest BCUT2D eigenvalue weighted by molar-refractivity contribution is 7.92. The number of benzene rings is 2. The summed E-state index contributed by atoms with van der Waals surface area (Å²) in [5, 5.41) is 3.66. The van der Waals surface area contributed by atoms with Gasteiger partial charge in [0, 0.05) is 30.6 Å². The average molecular weight is 548 g/mol. The summed E-state index contributed by atoms with van der Waals surface area (Å²) in [5.74, 6) is -0.285. The Morgan fingerprint density at radius 3 is 2.24 bits per heavy atom. The highest BCUT2D eigenvalue weighted by atomic mass is 35.5. The molecule has 0 aliphatic heterocycles. The first-order valence-electron chi connectivity index (χ1n) is 13.0. The topological polar surface area (TPSA) is 86.8 Å². The van der Waals surface area contributed by atoms with E-state index in [9.17, 15) is 18.0 Å². The van der Waals surface area contributed by atoms with Crippen LogP contribution in [0.4, 0.5) is 5.69 Å². The van der Waals surface area contributed by atoms with Gasteiger partial charge in [-0.3, -0.25) is 13.9 Å². The predicted octanol–water partition coefficient (Wildman–Crippen LogP) is 5.06. The van der Waals surface area contributed by atoms with Gasteiger partial charge in [-0.2, -0.15) is 0 Å². The Labute approximate surface area is 226 Å². The summed E-state index contributed by atoms with van der Waals surface area (Å²) < 4.78 is 26.2. The SMILES string of the molecule is CC[C@@H](C(=O)NC1CCCC1)N(Cc1ccc(C)cc1)C(=O)CCCN(c1ccc(Cl)cc1)S(C)(=O)=O. The molecule has 37 heavy (non-hydrogen) atoms. The first-order chi connectivity index (χ1) is 17.6. The minimum Gasteiger partial charge on any atom is -0.352 e. The van der Waals surface area contributed by atoms with Crippen molar-refractivity contribution >= 4 is 39.1 Å². The van der Waals surface area contributed by atoms with E-state index < -0.39 is 16.1 Å². The lowest BCUT2D eigenvalue weighted by Gasteiger charge is -2.32. The maximum atomic E-state index is 13.5. The molecule has 0 bridgehead atoms. The number of carbonyl (C=O) groups excluding carboxylic acids is 2. The second-order valence-corrected chi connectivity index (χ2v) is 12.2. The van der Waals surface area contributed by atoms with Gasteiger partial charge in [-0.05, 0) is 62.4 Å². The third kappa shape index (κ3) is 8.47. The molecule has 0 heterocycles. The van der Waals surface area contributed by atoms with Gasteiger partial charge in [-0.25, -0.2) is 8.42 Å². The van der Waals surface area contributed by atoms with Crippen LogP contribution in [-0.2, 0) is 26.2 Å². The van der Waals surface area contributed by atoms with Crippen molar-refractivity contribution in [1.29, 1.82) is 0 Å². The van der Waals surface area contributed by atoms with Crippen molar-refractivity contribution in [3.05, 3.63) is 64.7 Å². The molecular weight excluding hydrogens is 510 g/mol. The van der Waals surface area contributed by atoms with Crippen molar-refractivity contribution in [2.24, 2.45) is 0 Å². The quantitative estimate of drug-likeness (QED) is 0.402. The van der Waals surface area contributed by atoms with Gasteiger partial charge in [0.25, 0.3) is 0 Å². The zero-order chi connectivity index (χ0) is 27.0. The molecule has 1 aliphatic carbocycles. The number of hydrogen-bond acceptors (Lipinski definition) is 4. The Hall–Kier alpha value is -2.58. The zero-order valence-electron chi connectivity index (χ0n) is 22.0. The lowest BCUT2D eigenvalue weighted by atomic mass is 10.1. The molecule has 7 nitrogen and oxygen atoms in total. The first kappa shape index (κ1) is 29.0. The highest BCUT2D eigenvalue weighted by Gasteiger charge is 2.30. The minimum atomic E-state index is -3.55. The summed E-state index contributed by atoms with van der Waals surface area (Å²) in [7, 11) is -3.55. The molecule has 1 fully saturated rings. The molecule has 2 aromatic carbocycles. The molecular formula is C28H38ClN3O4S. The van der Waals surface area contributed by atoms with Crippen LogP contribution in [-0.4, -0.2) is 50.0 Å². The second-order valence-electron chi connectivity index (χ2n) is 9.84. The van der Waals surface area contributed by atoms with Gasteiger partial charge in [0.2, 0.25) is 21.8 Å². The van der Waals surface area contributed by atoms with E-state index in [0.29, 0.717) is 30.1 Å². The van der Waals surface area contributed by atoms with Crippen LogP contribution in [0.15, 0.2) is 48.5 Å². The van der Waals surface area contributed by atoms with E-state index >= 15 is 0 Å². The summed E-state index contributed by atoms with van der Waals surface area (Å²) in [6, 6.07) is 14.1. The van der Waals surface area contributed by atoms with E-state index in [0.717, 1.165) is 43.1 Å². The molecule has 1 saturated carbocycles. The minimum absolute atomic E-state index is 0.117. The molecule has 1 atom stereocenters. The van der Waals surface area contributed by atoms with E-state index in [1.165, 1.54) is 4.31 Å². The van der Waals surface area contributed by atoms with Crippen LogP contribution >= 0.6 is 11.6 Å². The Bertz CT molecular complexity index is 1150. The lowest BCUT2D eigenvalue weighted by molar-refractivity contribution is -0.141. The molecule has 1 aliphatic rings. The predicted molar refractivity (Wildman–Crippen MR) is 149 cm³/mol. The van der Waals surface area contributed by atoms with Crippen LogP contribution in [0, 0.1) is 6.92 Å². The Morgan fingerprint density at radius 2 is 1.68 bits per heavy atom. The van der Waals surface area contributed by atoms with Crippen molar-refractivity contribution in [2.75, 3.05) is 17.1 Å². The van der Waals surface area contributed by atoms with E-state index in [-0.39, 0.29) is 30.8 Å². The molecule has 0 unspecified atom stereocenters. The normalized spacial score (nSPS) is 14.8. The number of hydrogen-bond donors (Lipinski definition) is 1. The van der Waals surface area contributed by atoms with Crippen LogP contribution in [0.1, 0.15) is 63.0 Å². The number of anilines is 1. The fraction of sp³-hybridized carbons (Fsp3) is 0.500. The van der Waals surface area contributed by atoms with Gasteiger partial charge < -0.3 is 10.2 Å². The molecule has 2 aromatic rings. The van der Waals surface area contributed by atoms with Gasteiger partial charge in [0.1, 0.15) is 6.04 Å². The number of amides is 2. The molecule has 9 heteroatoms. The first-order valence-corrected chi connectivity index (χ1v) is 15.2. The van der Waals surface area contributed by atoms with Gasteiger partial charge in [-0.1, -0.05) is 61.2 Å². The van der Waals surface area contributed by atoms with E-state index in [4.69, 9.17) is 11.6 Å². The van der Waals surface area contributed by atoms with Crippen molar-refractivity contribution < 1.29 is 18.0 Å². The lowest BCUT2D eigenvalue weighted by Crippen LogP contribution is -2.51. The van der Waals surface area contributed by atoms with E-state index in [1.54, 1.807) is 29.2 Å². The smallest absolute Gasteiger partial charge is 0.243 e. The summed E-state index contributed by atoms with van der Waals surface area (Å²) >= 11 is 5.96. The summed E-state index contributed by atoms with van der Waals surface area (Å²) in [5.41, 5.74) is 2.57. The summed E-state index contributed by atoms with van der Waals surface area (Å²) in [6.07, 6.45) is 6.25. The van der Waals surface area contributed by atoms with Crippen molar-refractivity contribution in [2.45, 2.75) is 77.4 Å². The largest absolute Gasteiger partial charge is 0.352 e. The van der Waals surface area contributed by atoms with E-state index in [1.807, 2.05) is 38.1 Å². The average Bonchev–Trinajstić information content (AvgIpc) is 3.36. The van der Waals surface area contributed by atoms with Crippen LogP contribution < -0.4 is 9.62 Å². The molecule has 0 spiro atoms. The van der Waals surface area contributed by atoms with E-state index in [2.05, 4.69) is 5.32 Å². The van der Waals surface area contributed by atoms with Crippen molar-refractivity contribution in [3.63, 3.8) is 0 Å². The number of aryl methyl sites for hydroxylation is 1. The van der Waals surface area contributed by atoms with Crippen LogP contribution in [0.2, 0.25) is 5.02 Å². The standard InChI is InChI=1S/C28H38ClN3O4S/c1-4-26(28(34)30-24-8-5-6-9-24)31(20-22-13-11-21(2)12-14-22)27(33)10-7-19-32(37(3,35)36)25-17-15-23(29)16-18-25/h11-18,24,26H,4-10,19-20H2,1-3H3,(H,30,34)/t26-/m0/s1. The van der Waals surface area contributed by atoms with Crippen LogP contribution in [0.25, 0.3) is 0 Å². The molecule has 202 valence electrons. The Morgan fingerprint density at radius 1 is 1.05 bits per heavy atom. The molecule has 0 radical (unpaired) electrons. The summed E-state index contributed by atoms with van der Waals surface area (Å²) in [4.78, 5) is 28.4. The number of nitrogens with zero attached hydrogens (tertiary/aromatic N) is 2. The maximum Gasteiger partial charge on any atom is 0.243 e. The van der Waals surface area contributed by atoms with Crippen LogP contribution in [0.5, 0.6) is 0 Å². The Balaban J connectivity index is 1.74. The Kier molecular flexibility index (Phi) is 10.4. The number of nitrogens with one attached hydrogen (secondary N) is 1. The third-order valence-electron chi connectivity index (χ3n) is 6.83. The second kappa shape index (κ2) is 13.3. The van der Waals surface area contributed by atoms with Gasteiger partial charge in [-0.15, -0.1) is 0 Å².